The normalized spacial score (nSPS) is 12.9. The van der Waals surface area contributed by atoms with E-state index in [0.29, 0.717) is 25.8 Å². The van der Waals surface area contributed by atoms with Gasteiger partial charge in [-0.3, -0.25) is 9.59 Å². The smallest absolute Gasteiger partial charge is 0.319 e. The zero-order chi connectivity index (χ0) is 26.9. The first-order valence-corrected chi connectivity index (χ1v) is 14.6. The van der Waals surface area contributed by atoms with Crippen LogP contribution in [0.25, 0.3) is 0 Å². The van der Waals surface area contributed by atoms with Crippen LogP contribution in [0.1, 0.15) is 51.2 Å². The number of nitrogens with one attached hydrogen (secondary N) is 2. The van der Waals surface area contributed by atoms with Gasteiger partial charge >= 0.3 is 8.32 Å². The summed E-state index contributed by atoms with van der Waals surface area (Å²) in [5.41, 5.74) is 1.83. The molecule has 0 aliphatic heterocycles. The Morgan fingerprint density at radius 3 is 2.11 bits per heavy atom. The molecule has 3 aromatic carbocycles. The molecule has 0 radical (unpaired) electrons. The maximum atomic E-state index is 12.4. The van der Waals surface area contributed by atoms with Gasteiger partial charge in [0.15, 0.2) is 0 Å². The standard InChI is InChI=1S/C30H38N2O4Si/c1-30(2,3)37(26-11-6-5-7-12-26,36-25-18-16-23(22-33)17-19-25)27-13-8-10-24(20-27)21-32-29(35)15-9-14-28(34)31-4/h5-8,10-13,16-20,33H,9,14-15,21-22H2,1-4H3,(H,31,34)(H,32,35). The highest BCUT2D eigenvalue weighted by molar-refractivity contribution is 7.00. The molecule has 0 saturated heterocycles. The van der Waals surface area contributed by atoms with Crippen LogP contribution in [0.3, 0.4) is 0 Å². The van der Waals surface area contributed by atoms with Crippen LogP contribution in [0.2, 0.25) is 5.04 Å². The van der Waals surface area contributed by atoms with Crippen LogP contribution in [0.4, 0.5) is 0 Å². The average Bonchev–Trinajstić information content (AvgIpc) is 2.90. The Morgan fingerprint density at radius 1 is 0.838 bits per heavy atom. The predicted octanol–water partition coefficient (Wildman–Crippen LogP) is 3.65. The van der Waals surface area contributed by atoms with Gasteiger partial charge in [0.05, 0.1) is 6.61 Å². The Morgan fingerprint density at radius 2 is 1.49 bits per heavy atom. The van der Waals surface area contributed by atoms with Gasteiger partial charge in [0.25, 0.3) is 0 Å². The van der Waals surface area contributed by atoms with E-state index >= 15 is 0 Å². The molecule has 196 valence electrons. The maximum Gasteiger partial charge on any atom is 0.319 e. The minimum Gasteiger partial charge on any atom is -0.534 e. The van der Waals surface area contributed by atoms with Crippen molar-refractivity contribution in [3.63, 3.8) is 0 Å². The average molecular weight is 519 g/mol. The topological polar surface area (TPSA) is 87.7 Å². The van der Waals surface area contributed by atoms with Crippen molar-refractivity contribution >= 4 is 30.5 Å². The Balaban J connectivity index is 1.93. The van der Waals surface area contributed by atoms with E-state index in [0.717, 1.165) is 27.2 Å². The van der Waals surface area contributed by atoms with Crippen molar-refractivity contribution in [1.29, 1.82) is 0 Å². The van der Waals surface area contributed by atoms with E-state index in [2.05, 4.69) is 55.7 Å². The van der Waals surface area contributed by atoms with Crippen molar-refractivity contribution < 1.29 is 19.1 Å². The Kier molecular flexibility index (Phi) is 9.66. The molecular weight excluding hydrogens is 480 g/mol. The lowest BCUT2D eigenvalue weighted by atomic mass is 10.2. The molecule has 1 atom stereocenters. The summed E-state index contributed by atoms with van der Waals surface area (Å²) in [5.74, 6) is 0.630. The second kappa shape index (κ2) is 12.7. The van der Waals surface area contributed by atoms with Gasteiger partial charge in [0, 0.05) is 26.4 Å². The van der Waals surface area contributed by atoms with E-state index in [9.17, 15) is 14.7 Å². The number of amides is 2. The number of carbonyl (C=O) groups is 2. The molecule has 3 N–H and O–H groups in total. The first-order valence-electron chi connectivity index (χ1n) is 12.7. The van der Waals surface area contributed by atoms with Gasteiger partial charge in [0.1, 0.15) is 5.75 Å². The van der Waals surface area contributed by atoms with Gasteiger partial charge in [0.2, 0.25) is 11.8 Å². The molecule has 0 spiro atoms. The van der Waals surface area contributed by atoms with Crippen LogP contribution in [0, 0.1) is 0 Å². The van der Waals surface area contributed by atoms with E-state index in [1.165, 1.54) is 0 Å². The van der Waals surface area contributed by atoms with Crippen LogP contribution >= 0.6 is 0 Å². The van der Waals surface area contributed by atoms with Gasteiger partial charge in [-0.25, -0.2) is 0 Å². The first-order chi connectivity index (χ1) is 17.7. The summed E-state index contributed by atoms with van der Waals surface area (Å²) < 4.78 is 7.04. The SMILES string of the molecule is CNC(=O)CCCC(=O)NCc1cccc([Si](Oc2ccc(CO)cc2)(c2ccccc2)C(C)(C)C)c1. The molecule has 3 aromatic rings. The second-order valence-corrected chi connectivity index (χ2v) is 14.4. The summed E-state index contributed by atoms with van der Waals surface area (Å²) >= 11 is 0. The molecule has 7 heteroatoms. The summed E-state index contributed by atoms with van der Waals surface area (Å²) in [6, 6.07) is 26.3. The van der Waals surface area contributed by atoms with E-state index in [-0.39, 0.29) is 23.5 Å². The molecule has 3 rings (SSSR count). The number of hydrogen-bond donors (Lipinski definition) is 3. The molecular formula is C30H38N2O4Si. The Bertz CT molecular complexity index is 1180. The predicted molar refractivity (Wildman–Crippen MR) is 150 cm³/mol. The zero-order valence-electron chi connectivity index (χ0n) is 22.2. The minimum absolute atomic E-state index is 0.0135. The van der Waals surface area contributed by atoms with Crippen LogP contribution in [0.5, 0.6) is 5.75 Å². The van der Waals surface area contributed by atoms with Crippen LogP contribution in [-0.4, -0.2) is 32.3 Å². The van der Waals surface area contributed by atoms with Gasteiger partial charge in [-0.1, -0.05) is 87.5 Å². The summed E-state index contributed by atoms with van der Waals surface area (Å²) in [4.78, 5) is 23.8. The molecule has 1 unspecified atom stereocenters. The summed E-state index contributed by atoms with van der Waals surface area (Å²) in [5, 5.41) is 17.1. The third-order valence-electron chi connectivity index (χ3n) is 6.52. The number of aliphatic hydroxyl groups is 1. The maximum absolute atomic E-state index is 12.4. The fraction of sp³-hybridized carbons (Fsp3) is 0.333. The van der Waals surface area contributed by atoms with E-state index in [1.807, 2.05) is 54.6 Å². The molecule has 6 nitrogen and oxygen atoms in total. The fourth-order valence-electron chi connectivity index (χ4n) is 4.54. The number of rotatable bonds is 11. The third-order valence-corrected chi connectivity index (χ3v) is 11.4. The van der Waals surface area contributed by atoms with Crippen molar-refractivity contribution in [2.75, 3.05) is 7.05 Å². The lowest BCUT2D eigenvalue weighted by Crippen LogP contribution is -2.69. The lowest BCUT2D eigenvalue weighted by molar-refractivity contribution is -0.122. The number of benzene rings is 3. The molecule has 0 aromatic heterocycles. The van der Waals surface area contributed by atoms with Gasteiger partial charge in [-0.15, -0.1) is 0 Å². The highest BCUT2D eigenvalue weighted by Gasteiger charge is 2.52. The van der Waals surface area contributed by atoms with Crippen molar-refractivity contribution in [3.05, 3.63) is 90.0 Å². The molecule has 37 heavy (non-hydrogen) atoms. The van der Waals surface area contributed by atoms with Crippen LogP contribution in [-0.2, 0) is 22.7 Å². The largest absolute Gasteiger partial charge is 0.534 e. The van der Waals surface area contributed by atoms with Gasteiger partial charge < -0.3 is 20.2 Å². The van der Waals surface area contributed by atoms with E-state index in [1.54, 1.807) is 7.05 Å². The quantitative estimate of drug-likeness (QED) is 0.338. The monoisotopic (exact) mass is 518 g/mol. The number of hydrogen-bond acceptors (Lipinski definition) is 4. The zero-order valence-corrected chi connectivity index (χ0v) is 23.2. The molecule has 0 heterocycles. The Hall–Kier alpha value is -3.42. The van der Waals surface area contributed by atoms with Crippen molar-refractivity contribution in [3.8, 4) is 5.75 Å². The molecule has 2 amide bonds. The first kappa shape index (κ1) is 28.2. The highest BCUT2D eigenvalue weighted by atomic mass is 28.4. The van der Waals surface area contributed by atoms with Crippen molar-refractivity contribution in [2.24, 2.45) is 0 Å². The summed E-state index contributed by atoms with van der Waals surface area (Å²) in [6.07, 6.45) is 1.17. The minimum atomic E-state index is -2.86. The summed E-state index contributed by atoms with van der Waals surface area (Å²) in [7, 11) is -1.27. The number of carbonyl (C=O) groups excluding carboxylic acids is 2. The number of aliphatic hydroxyl groups excluding tert-OH is 1. The van der Waals surface area contributed by atoms with Crippen LogP contribution in [0.15, 0.2) is 78.9 Å². The van der Waals surface area contributed by atoms with Crippen molar-refractivity contribution in [1.82, 2.24) is 10.6 Å². The molecule has 0 aliphatic carbocycles. The second-order valence-electron chi connectivity index (χ2n) is 10.2. The molecule has 0 bridgehead atoms. The van der Waals surface area contributed by atoms with E-state index < -0.39 is 8.32 Å². The summed E-state index contributed by atoms with van der Waals surface area (Å²) in [6.45, 7) is 7.04. The van der Waals surface area contributed by atoms with E-state index in [4.69, 9.17) is 4.43 Å². The molecule has 0 saturated carbocycles. The van der Waals surface area contributed by atoms with Gasteiger partial charge in [-0.05, 0) is 45.1 Å². The Labute approximate surface area is 221 Å². The molecule has 0 fully saturated rings. The third kappa shape index (κ3) is 7.08. The fourth-order valence-corrected chi connectivity index (χ4v) is 9.02. The highest BCUT2D eigenvalue weighted by Crippen LogP contribution is 2.37. The van der Waals surface area contributed by atoms with Crippen LogP contribution < -0.4 is 25.4 Å². The molecule has 0 aliphatic rings. The lowest BCUT2D eigenvalue weighted by Gasteiger charge is -2.43. The van der Waals surface area contributed by atoms with Crippen molar-refractivity contribution in [2.45, 2.75) is 58.2 Å². The van der Waals surface area contributed by atoms with Gasteiger partial charge in [-0.2, -0.15) is 0 Å².